The third-order valence-electron chi connectivity index (χ3n) is 2.38. The van der Waals surface area contributed by atoms with Gasteiger partial charge in [0.25, 0.3) is 0 Å². The van der Waals surface area contributed by atoms with Crippen LogP contribution in [-0.2, 0) is 10.0 Å². The van der Waals surface area contributed by atoms with Crippen molar-refractivity contribution in [1.29, 1.82) is 0 Å². The van der Waals surface area contributed by atoms with Gasteiger partial charge in [0.2, 0.25) is 10.0 Å². The molecule has 0 saturated heterocycles. The van der Waals surface area contributed by atoms with Gasteiger partial charge < -0.3 is 10.0 Å². The van der Waals surface area contributed by atoms with Crippen LogP contribution in [0, 0.1) is 0 Å². The van der Waals surface area contributed by atoms with Crippen LogP contribution in [0.4, 0.5) is 0 Å². The Bertz CT molecular complexity index is 264. The third-order valence-corrected chi connectivity index (χ3v) is 3.66. The highest BCUT2D eigenvalue weighted by atomic mass is 32.2. The maximum atomic E-state index is 11.1. The topological polar surface area (TPSA) is 60.9 Å². The average Bonchev–Trinajstić information content (AvgIpc) is 2.00. The molecule has 0 spiro atoms. The van der Waals surface area contributed by atoms with Crippen LogP contribution in [0.2, 0.25) is 0 Å². The van der Waals surface area contributed by atoms with Gasteiger partial charge in [0.1, 0.15) is 0 Å². The van der Waals surface area contributed by atoms with Gasteiger partial charge in [-0.15, -0.1) is 0 Å². The lowest BCUT2D eigenvalue weighted by molar-refractivity contribution is 0.0733. The predicted molar refractivity (Wildman–Crippen MR) is 56.6 cm³/mol. The molecule has 0 aliphatic rings. The fourth-order valence-corrected chi connectivity index (χ4v) is 1.32. The van der Waals surface area contributed by atoms with Gasteiger partial charge in [0, 0.05) is 19.6 Å². The van der Waals surface area contributed by atoms with E-state index in [1.54, 1.807) is 0 Å². The second-order valence-corrected chi connectivity index (χ2v) is 5.90. The molecule has 86 valence electrons. The van der Waals surface area contributed by atoms with Crippen LogP contribution in [0.3, 0.4) is 0 Å². The van der Waals surface area contributed by atoms with Gasteiger partial charge in [0.05, 0.1) is 12.4 Å². The average molecular weight is 224 g/mol. The Balaban J connectivity index is 4.27. The fourth-order valence-electron chi connectivity index (χ4n) is 0.896. The summed E-state index contributed by atoms with van der Waals surface area (Å²) in [5.74, 6) is 0. The van der Waals surface area contributed by atoms with Crippen LogP contribution >= 0.6 is 0 Å². The molecule has 0 fully saturated rings. The van der Waals surface area contributed by atoms with Crippen molar-refractivity contribution >= 4 is 10.0 Å². The number of likely N-dealkylation sites (N-methyl/N-ethyl adjacent to an activating group) is 2. The van der Waals surface area contributed by atoms with Crippen LogP contribution in [0.25, 0.3) is 0 Å². The number of rotatable bonds is 5. The minimum atomic E-state index is -3.20. The van der Waals surface area contributed by atoms with E-state index in [9.17, 15) is 13.5 Å². The van der Waals surface area contributed by atoms with Gasteiger partial charge in [0.15, 0.2) is 0 Å². The Morgan fingerprint density at radius 3 is 2.00 bits per heavy atom. The standard InChI is InChI=1S/C8H20N2O3S/c1-7(9(2)3)8(11)6-10(4)14(5,12)13/h7-8,11H,6H2,1-5H3/t7-,8?/m0/s1. The Morgan fingerprint density at radius 2 is 1.71 bits per heavy atom. The predicted octanol–water partition coefficient (Wildman–Crippen LogP) is -0.811. The first-order valence-corrected chi connectivity index (χ1v) is 6.27. The first kappa shape index (κ1) is 13.8. The molecule has 6 heteroatoms. The SMILES string of the molecule is C[C@@H](C(O)CN(C)S(C)(=O)=O)N(C)C. The first-order chi connectivity index (χ1) is 6.16. The van der Waals surface area contributed by atoms with Crippen molar-refractivity contribution in [2.75, 3.05) is 33.9 Å². The molecular formula is C8H20N2O3S. The number of hydrogen-bond donors (Lipinski definition) is 1. The number of sulfonamides is 1. The number of nitrogens with zero attached hydrogens (tertiary/aromatic N) is 2. The van der Waals surface area contributed by atoms with E-state index < -0.39 is 16.1 Å². The molecule has 0 aliphatic carbocycles. The van der Waals surface area contributed by atoms with E-state index in [0.29, 0.717) is 0 Å². The third kappa shape index (κ3) is 4.36. The van der Waals surface area contributed by atoms with Crippen molar-refractivity contribution in [2.24, 2.45) is 0 Å². The molecule has 0 rings (SSSR count). The van der Waals surface area contributed by atoms with E-state index in [1.807, 2.05) is 25.9 Å². The largest absolute Gasteiger partial charge is 0.390 e. The van der Waals surface area contributed by atoms with Crippen molar-refractivity contribution < 1.29 is 13.5 Å². The number of aliphatic hydroxyl groups excluding tert-OH is 1. The van der Waals surface area contributed by atoms with Crippen molar-refractivity contribution in [3.8, 4) is 0 Å². The van der Waals surface area contributed by atoms with Gasteiger partial charge in [-0.2, -0.15) is 0 Å². The smallest absolute Gasteiger partial charge is 0.211 e. The lowest BCUT2D eigenvalue weighted by Crippen LogP contribution is -2.44. The summed E-state index contributed by atoms with van der Waals surface area (Å²) in [6.45, 7) is 1.97. The van der Waals surface area contributed by atoms with Crippen molar-refractivity contribution in [3.63, 3.8) is 0 Å². The van der Waals surface area contributed by atoms with E-state index in [-0.39, 0.29) is 12.6 Å². The van der Waals surface area contributed by atoms with Gasteiger partial charge >= 0.3 is 0 Å². The normalized spacial score (nSPS) is 17.4. The second-order valence-electron chi connectivity index (χ2n) is 3.82. The van der Waals surface area contributed by atoms with Gasteiger partial charge in [-0.25, -0.2) is 12.7 Å². The number of hydrogen-bond acceptors (Lipinski definition) is 4. The quantitative estimate of drug-likeness (QED) is 0.663. The lowest BCUT2D eigenvalue weighted by Gasteiger charge is -2.27. The van der Waals surface area contributed by atoms with Crippen LogP contribution in [0.5, 0.6) is 0 Å². The highest BCUT2D eigenvalue weighted by Gasteiger charge is 2.21. The van der Waals surface area contributed by atoms with Crippen LogP contribution in [-0.4, -0.2) is 68.8 Å². The summed E-state index contributed by atoms with van der Waals surface area (Å²) in [5, 5.41) is 9.67. The zero-order chi connectivity index (χ0) is 11.5. The van der Waals surface area contributed by atoms with Crippen molar-refractivity contribution in [1.82, 2.24) is 9.21 Å². The molecule has 0 aliphatic heterocycles. The molecule has 0 aromatic carbocycles. The minimum absolute atomic E-state index is 0.0702. The zero-order valence-electron chi connectivity index (χ0n) is 9.43. The van der Waals surface area contributed by atoms with Crippen LogP contribution in [0.15, 0.2) is 0 Å². The minimum Gasteiger partial charge on any atom is -0.390 e. The highest BCUT2D eigenvalue weighted by molar-refractivity contribution is 7.88. The maximum absolute atomic E-state index is 11.1. The van der Waals surface area contributed by atoms with E-state index in [2.05, 4.69) is 0 Å². The maximum Gasteiger partial charge on any atom is 0.211 e. The van der Waals surface area contributed by atoms with E-state index in [1.165, 1.54) is 7.05 Å². The Morgan fingerprint density at radius 1 is 1.29 bits per heavy atom. The van der Waals surface area contributed by atoms with E-state index in [4.69, 9.17) is 0 Å². The molecule has 0 heterocycles. The summed E-state index contributed by atoms with van der Waals surface area (Å²) < 4.78 is 23.3. The summed E-state index contributed by atoms with van der Waals surface area (Å²) >= 11 is 0. The zero-order valence-corrected chi connectivity index (χ0v) is 10.2. The van der Waals surface area contributed by atoms with Gasteiger partial charge in [-0.3, -0.25) is 0 Å². The molecular weight excluding hydrogens is 204 g/mol. The molecule has 1 N–H and O–H groups in total. The Labute approximate surface area is 86.4 Å². The molecule has 1 unspecified atom stereocenters. The lowest BCUT2D eigenvalue weighted by atomic mass is 10.2. The van der Waals surface area contributed by atoms with Crippen molar-refractivity contribution in [2.45, 2.75) is 19.1 Å². The summed E-state index contributed by atoms with van der Waals surface area (Å²) in [5.41, 5.74) is 0. The van der Waals surface area contributed by atoms with Gasteiger partial charge in [-0.05, 0) is 21.0 Å². The monoisotopic (exact) mass is 224 g/mol. The summed E-state index contributed by atoms with van der Waals surface area (Å²) in [7, 11) is 1.94. The number of aliphatic hydroxyl groups is 1. The summed E-state index contributed by atoms with van der Waals surface area (Å²) in [6.07, 6.45) is 0.449. The molecule has 0 aromatic rings. The van der Waals surface area contributed by atoms with E-state index >= 15 is 0 Å². The molecule has 0 radical (unpaired) electrons. The van der Waals surface area contributed by atoms with Crippen LogP contribution < -0.4 is 0 Å². The molecule has 5 nitrogen and oxygen atoms in total. The molecule has 0 saturated carbocycles. The Kier molecular flexibility index (Phi) is 5.00. The van der Waals surface area contributed by atoms with Crippen LogP contribution in [0.1, 0.15) is 6.92 Å². The van der Waals surface area contributed by atoms with Gasteiger partial charge in [-0.1, -0.05) is 0 Å². The highest BCUT2D eigenvalue weighted by Crippen LogP contribution is 2.03. The molecule has 2 atom stereocenters. The summed E-state index contributed by atoms with van der Waals surface area (Å²) in [4.78, 5) is 1.85. The Hall–Kier alpha value is -0.170. The molecule has 0 bridgehead atoms. The van der Waals surface area contributed by atoms with E-state index in [0.717, 1.165) is 10.6 Å². The second kappa shape index (κ2) is 5.06. The van der Waals surface area contributed by atoms with Crippen molar-refractivity contribution in [3.05, 3.63) is 0 Å². The molecule has 0 aromatic heterocycles. The molecule has 0 amide bonds. The summed E-state index contributed by atoms with van der Waals surface area (Å²) in [6, 6.07) is -0.0702. The molecule has 14 heavy (non-hydrogen) atoms. The fraction of sp³-hybridized carbons (Fsp3) is 1.00. The first-order valence-electron chi connectivity index (χ1n) is 4.42.